The number of nitrogens with one attached hydrogen (secondary N) is 4. The van der Waals surface area contributed by atoms with Gasteiger partial charge < -0.3 is 42.5 Å². The third-order valence-corrected chi connectivity index (χ3v) is 4.88. The molecule has 0 amide bonds. The van der Waals surface area contributed by atoms with Gasteiger partial charge in [0.25, 0.3) is 11.1 Å². The Morgan fingerprint density at radius 1 is 0.944 bits per heavy atom. The van der Waals surface area contributed by atoms with Crippen LogP contribution in [0.15, 0.2) is 15.8 Å². The Morgan fingerprint density at radius 3 is 2.17 bits per heavy atom. The molecular weight excluding hydrogens is 476 g/mol. The van der Waals surface area contributed by atoms with Gasteiger partial charge in [-0.2, -0.15) is 9.97 Å². The predicted molar refractivity (Wildman–Crippen MR) is 133 cm³/mol. The van der Waals surface area contributed by atoms with Crippen molar-refractivity contribution in [1.29, 1.82) is 0 Å². The Morgan fingerprint density at radius 2 is 1.56 bits per heavy atom. The molecule has 5 atom stereocenters. The highest BCUT2D eigenvalue weighted by Gasteiger charge is 2.29. The van der Waals surface area contributed by atoms with E-state index in [9.17, 15) is 30.0 Å². The average molecular weight is 509 g/mol. The summed E-state index contributed by atoms with van der Waals surface area (Å²) in [5.74, 6) is 0.318. The molecule has 0 fully saturated rings. The first kappa shape index (κ1) is 28.4. The molecule has 4 heterocycles. The number of nitrogen functional groups attached to an aromatic ring is 2. The molecule has 0 unspecified atom stereocenters. The summed E-state index contributed by atoms with van der Waals surface area (Å²) in [5, 5.41) is 43.5. The molecule has 0 radical (unpaired) electrons. The summed E-state index contributed by atoms with van der Waals surface area (Å²) in [6.45, 7) is 7.23. The van der Waals surface area contributed by atoms with Crippen LogP contribution < -0.4 is 33.2 Å². The Hall–Kier alpha value is -3.86. The number of hydrogen-bond acceptors (Lipinski definition) is 14. The molecule has 198 valence electrons. The molecule has 0 aliphatic carbocycles. The van der Waals surface area contributed by atoms with Crippen LogP contribution in [0, 0.1) is 0 Å². The minimum atomic E-state index is -1.20. The van der Waals surface area contributed by atoms with Crippen LogP contribution in [0.25, 0.3) is 11.2 Å². The highest BCUT2D eigenvalue weighted by Crippen LogP contribution is 2.21. The number of fused-ring (bicyclic) bond motifs is 2. The summed E-state index contributed by atoms with van der Waals surface area (Å²) in [4.78, 5) is 43.2. The molecule has 0 saturated carbocycles. The number of aromatic amines is 2. The number of nitrogens with two attached hydrogens (primary N) is 2. The van der Waals surface area contributed by atoms with E-state index in [0.29, 0.717) is 12.4 Å². The van der Waals surface area contributed by atoms with Gasteiger partial charge in [0.05, 0.1) is 30.1 Å². The van der Waals surface area contributed by atoms with Crippen molar-refractivity contribution in [3.05, 3.63) is 32.6 Å². The number of hydrogen-bond donors (Lipinski definition) is 10. The summed E-state index contributed by atoms with van der Waals surface area (Å²) in [7, 11) is 0. The van der Waals surface area contributed by atoms with Gasteiger partial charge in [-0.15, -0.1) is 0 Å². The summed E-state index contributed by atoms with van der Waals surface area (Å²) in [6, 6.07) is -0.464. The minimum Gasteiger partial charge on any atom is -0.391 e. The molecule has 36 heavy (non-hydrogen) atoms. The number of rotatable bonds is 4. The normalized spacial score (nSPS) is 17.5. The molecule has 3 aromatic heterocycles. The zero-order valence-corrected chi connectivity index (χ0v) is 20.2. The number of aromatic nitrogens is 6. The van der Waals surface area contributed by atoms with Gasteiger partial charge in [-0.25, -0.2) is 9.97 Å². The monoisotopic (exact) mass is 508 g/mol. The van der Waals surface area contributed by atoms with Crippen LogP contribution in [-0.4, -0.2) is 81.2 Å². The first-order chi connectivity index (χ1) is 17.0. The van der Waals surface area contributed by atoms with Crippen molar-refractivity contribution < 1.29 is 20.4 Å². The molecule has 0 bridgehead atoms. The molecule has 1 aliphatic heterocycles. The average Bonchev–Trinajstić information content (AvgIpc) is 2.84. The predicted octanol–water partition coefficient (Wildman–Crippen LogP) is -1.96. The topological polar surface area (TPSA) is 274 Å². The first-order valence-corrected chi connectivity index (χ1v) is 11.1. The quantitative estimate of drug-likeness (QED) is 0.183. The zero-order chi connectivity index (χ0) is 27.2. The van der Waals surface area contributed by atoms with Crippen molar-refractivity contribution in [1.82, 2.24) is 29.9 Å². The second-order valence-electron chi connectivity index (χ2n) is 7.64. The number of nitrogens with zero attached hydrogens (tertiary/aromatic N) is 4. The molecule has 16 nitrogen and oxygen atoms in total. The van der Waals surface area contributed by atoms with Crippen LogP contribution in [0.2, 0.25) is 0 Å². The smallest absolute Gasteiger partial charge is 0.280 e. The van der Waals surface area contributed by atoms with Crippen molar-refractivity contribution >= 4 is 34.6 Å². The summed E-state index contributed by atoms with van der Waals surface area (Å²) in [5.41, 5.74) is 10.2. The number of anilines is 4. The van der Waals surface area contributed by atoms with Gasteiger partial charge >= 0.3 is 0 Å². The van der Waals surface area contributed by atoms with Crippen LogP contribution >= 0.6 is 0 Å². The molecule has 0 saturated heterocycles. The third kappa shape index (κ3) is 6.63. The fraction of sp³-hybridized carbons (Fsp3) is 0.500. The van der Waals surface area contributed by atoms with Crippen LogP contribution in [0.5, 0.6) is 0 Å². The van der Waals surface area contributed by atoms with Gasteiger partial charge in [-0.1, -0.05) is 13.8 Å². The van der Waals surface area contributed by atoms with E-state index in [0.717, 1.165) is 0 Å². The van der Waals surface area contributed by atoms with E-state index in [-0.39, 0.29) is 34.4 Å². The first-order valence-electron chi connectivity index (χ1n) is 11.1. The SMILES string of the molecule is CC.C[C@H](O)[C@H](O)[C@@H]1CNc2nc(N)[nH]c(=O)c2N1.C[C@H](O)[C@H](O)c1cnc2nc(N)[nH]c(=O)c2n1. The second-order valence-corrected chi connectivity index (χ2v) is 7.64. The lowest BCUT2D eigenvalue weighted by molar-refractivity contribution is 0.0214. The number of aliphatic hydroxyl groups excluding tert-OH is 4. The van der Waals surface area contributed by atoms with E-state index in [4.69, 9.17) is 11.5 Å². The molecule has 4 rings (SSSR count). The Labute approximate surface area is 204 Å². The number of H-pyrrole nitrogens is 2. The minimum absolute atomic E-state index is 0.0255. The third-order valence-electron chi connectivity index (χ3n) is 4.88. The van der Waals surface area contributed by atoms with E-state index < -0.39 is 41.6 Å². The van der Waals surface area contributed by atoms with Crippen molar-refractivity contribution in [2.75, 3.05) is 28.6 Å². The fourth-order valence-corrected chi connectivity index (χ4v) is 3.08. The van der Waals surface area contributed by atoms with Crippen molar-refractivity contribution in [3.63, 3.8) is 0 Å². The van der Waals surface area contributed by atoms with Gasteiger partial charge in [-0.3, -0.25) is 19.6 Å². The maximum absolute atomic E-state index is 11.6. The summed E-state index contributed by atoms with van der Waals surface area (Å²) >= 11 is 0. The molecule has 3 aromatic rings. The molecule has 12 N–H and O–H groups in total. The molecule has 1 aliphatic rings. The lowest BCUT2D eigenvalue weighted by atomic mass is 10.0. The van der Waals surface area contributed by atoms with Crippen LogP contribution in [0.3, 0.4) is 0 Å². The molecular formula is C20H32N10O6. The maximum atomic E-state index is 11.6. The summed E-state index contributed by atoms with van der Waals surface area (Å²) < 4.78 is 0. The Balaban J connectivity index is 0.000000237. The van der Waals surface area contributed by atoms with Crippen molar-refractivity contribution in [3.8, 4) is 0 Å². The standard InChI is InChI=1S/C9H15N5O3.C9H11N5O3.C2H6/c2*1-3(15)6(16)4-2-11-7-5(12-4)8(17)14-9(10)13-7;1-2/h3-4,6,12,15-16H,2H2,1H3,(H4,10,11,13,14,17);2-3,6,15-16H,1H3,(H3,10,11,13,14,17);1-2H3/t3-,4-,6-;3-,6-;/m00./s1. The van der Waals surface area contributed by atoms with E-state index in [1.54, 1.807) is 0 Å². The molecule has 16 heteroatoms. The molecule has 0 spiro atoms. The van der Waals surface area contributed by atoms with Gasteiger partial charge in [0.15, 0.2) is 17.0 Å². The zero-order valence-electron chi connectivity index (χ0n) is 20.2. The largest absolute Gasteiger partial charge is 0.391 e. The highest BCUT2D eigenvalue weighted by atomic mass is 16.3. The van der Waals surface area contributed by atoms with Crippen LogP contribution in [-0.2, 0) is 0 Å². The van der Waals surface area contributed by atoms with Crippen LogP contribution in [0.1, 0.15) is 39.5 Å². The van der Waals surface area contributed by atoms with Gasteiger partial charge in [0.2, 0.25) is 11.9 Å². The van der Waals surface area contributed by atoms with E-state index >= 15 is 0 Å². The number of aliphatic hydroxyl groups is 4. The maximum Gasteiger partial charge on any atom is 0.280 e. The van der Waals surface area contributed by atoms with Gasteiger partial charge in [0, 0.05) is 6.54 Å². The fourth-order valence-electron chi connectivity index (χ4n) is 3.08. The lowest BCUT2D eigenvalue weighted by Crippen LogP contribution is -2.48. The van der Waals surface area contributed by atoms with E-state index in [2.05, 4.69) is 40.5 Å². The van der Waals surface area contributed by atoms with Crippen molar-refractivity contribution in [2.45, 2.75) is 58.2 Å². The Bertz CT molecular complexity index is 1280. The second kappa shape index (κ2) is 12.2. The van der Waals surface area contributed by atoms with E-state index in [1.165, 1.54) is 20.0 Å². The highest BCUT2D eigenvalue weighted by molar-refractivity contribution is 5.69. The van der Waals surface area contributed by atoms with Gasteiger partial charge in [0.1, 0.15) is 17.9 Å². The summed E-state index contributed by atoms with van der Waals surface area (Å²) in [6.07, 6.45) is -2.85. The van der Waals surface area contributed by atoms with Gasteiger partial charge in [-0.05, 0) is 13.8 Å². The van der Waals surface area contributed by atoms with Crippen LogP contribution in [0.4, 0.5) is 23.4 Å². The molecule has 0 aromatic carbocycles. The van der Waals surface area contributed by atoms with E-state index in [1.807, 2.05) is 13.8 Å². The van der Waals surface area contributed by atoms with Crippen molar-refractivity contribution in [2.24, 2.45) is 0 Å². The Kier molecular flexibility index (Phi) is 9.62. The lowest BCUT2D eigenvalue weighted by Gasteiger charge is -2.31.